The van der Waals surface area contributed by atoms with Crippen molar-refractivity contribution < 1.29 is 13.2 Å². The highest BCUT2D eigenvalue weighted by atomic mass is 32.2. The summed E-state index contributed by atoms with van der Waals surface area (Å²) < 4.78 is 26.1. The Hall–Kier alpha value is -2.25. The van der Waals surface area contributed by atoms with Gasteiger partial charge in [-0.3, -0.25) is 9.78 Å². The zero-order valence-electron chi connectivity index (χ0n) is 13.3. The molecule has 1 aliphatic carbocycles. The predicted molar refractivity (Wildman–Crippen MR) is 89.8 cm³/mol. The summed E-state index contributed by atoms with van der Waals surface area (Å²) in [4.78, 5) is 19.0. The number of aromatic nitrogens is 1. The molecule has 24 heavy (non-hydrogen) atoms. The van der Waals surface area contributed by atoms with Gasteiger partial charge in [-0.2, -0.15) is 0 Å². The Morgan fingerprint density at radius 3 is 2.67 bits per heavy atom. The Labute approximate surface area is 141 Å². The summed E-state index contributed by atoms with van der Waals surface area (Å²) in [5.41, 5.74) is 1.19. The molecule has 1 N–H and O–H groups in total. The Kier molecular flexibility index (Phi) is 4.64. The monoisotopic (exact) mass is 345 g/mol. The van der Waals surface area contributed by atoms with E-state index in [-0.39, 0.29) is 16.8 Å². The van der Waals surface area contributed by atoms with Crippen LogP contribution in [-0.4, -0.2) is 37.3 Å². The molecule has 1 aromatic carbocycles. The fraction of sp³-hybridized carbons (Fsp3) is 0.294. The van der Waals surface area contributed by atoms with E-state index < -0.39 is 10.0 Å². The lowest BCUT2D eigenvalue weighted by Gasteiger charge is -2.22. The van der Waals surface area contributed by atoms with E-state index in [0.717, 1.165) is 18.5 Å². The molecular weight excluding hydrogens is 326 g/mol. The van der Waals surface area contributed by atoms with Crippen LogP contribution in [0.1, 0.15) is 28.9 Å². The van der Waals surface area contributed by atoms with E-state index in [2.05, 4.69) is 9.71 Å². The van der Waals surface area contributed by atoms with Crippen LogP contribution in [0, 0.1) is 0 Å². The number of carbonyl (C=O) groups is 1. The van der Waals surface area contributed by atoms with Gasteiger partial charge in [-0.05, 0) is 50.2 Å². The minimum absolute atomic E-state index is 0.0874. The van der Waals surface area contributed by atoms with E-state index in [9.17, 15) is 13.2 Å². The van der Waals surface area contributed by atoms with Crippen molar-refractivity contribution in [3.8, 4) is 0 Å². The molecule has 126 valence electrons. The molecule has 6 nitrogen and oxygen atoms in total. The summed E-state index contributed by atoms with van der Waals surface area (Å²) in [7, 11) is -2.23. The van der Waals surface area contributed by atoms with E-state index in [4.69, 9.17) is 0 Å². The van der Waals surface area contributed by atoms with Crippen LogP contribution in [0.4, 0.5) is 0 Å². The van der Waals surface area contributed by atoms with Crippen molar-refractivity contribution in [3.63, 3.8) is 0 Å². The van der Waals surface area contributed by atoms with Gasteiger partial charge in [0.15, 0.2) is 0 Å². The second-order valence-corrected chi connectivity index (χ2v) is 7.61. The Bertz CT molecular complexity index is 833. The number of carbonyl (C=O) groups excluding carboxylic acids is 1. The lowest BCUT2D eigenvalue weighted by Crippen LogP contribution is -2.33. The zero-order chi connectivity index (χ0) is 17.2. The number of benzene rings is 1. The molecule has 0 saturated heterocycles. The molecule has 0 bridgehead atoms. The molecule has 0 aliphatic heterocycles. The Morgan fingerprint density at radius 1 is 1.25 bits per heavy atom. The van der Waals surface area contributed by atoms with Gasteiger partial charge in [-0.1, -0.05) is 12.1 Å². The Morgan fingerprint density at radius 2 is 2.04 bits per heavy atom. The predicted octanol–water partition coefficient (Wildman–Crippen LogP) is 1.79. The van der Waals surface area contributed by atoms with E-state index in [1.54, 1.807) is 23.2 Å². The van der Waals surface area contributed by atoms with Crippen LogP contribution in [0.25, 0.3) is 0 Å². The van der Waals surface area contributed by atoms with Crippen LogP contribution < -0.4 is 4.72 Å². The molecule has 0 atom stereocenters. The third kappa shape index (κ3) is 3.63. The highest BCUT2D eigenvalue weighted by Gasteiger charge is 2.33. The number of sulfonamides is 1. The average molecular weight is 345 g/mol. The molecule has 1 saturated carbocycles. The molecule has 1 heterocycles. The van der Waals surface area contributed by atoms with Crippen LogP contribution in [0.2, 0.25) is 0 Å². The van der Waals surface area contributed by atoms with Gasteiger partial charge in [0.2, 0.25) is 10.0 Å². The minimum atomic E-state index is -3.58. The molecule has 1 aromatic heterocycles. The van der Waals surface area contributed by atoms with Crippen molar-refractivity contribution in [2.45, 2.75) is 30.3 Å². The molecule has 1 amide bonds. The first kappa shape index (κ1) is 16.6. The normalized spacial score (nSPS) is 14.4. The number of nitrogens with zero attached hydrogens (tertiary/aromatic N) is 2. The second kappa shape index (κ2) is 6.70. The van der Waals surface area contributed by atoms with E-state index in [0.29, 0.717) is 12.1 Å². The largest absolute Gasteiger partial charge is 0.330 e. The maximum atomic E-state index is 12.9. The lowest BCUT2D eigenvalue weighted by molar-refractivity contribution is 0.0727. The van der Waals surface area contributed by atoms with Crippen LogP contribution in [-0.2, 0) is 16.6 Å². The van der Waals surface area contributed by atoms with Gasteiger partial charge in [0.25, 0.3) is 5.91 Å². The quantitative estimate of drug-likeness (QED) is 0.866. The molecule has 0 spiro atoms. The summed E-state index contributed by atoms with van der Waals surface area (Å²) >= 11 is 0. The van der Waals surface area contributed by atoms with Gasteiger partial charge in [-0.15, -0.1) is 0 Å². The molecule has 1 aliphatic rings. The lowest BCUT2D eigenvalue weighted by atomic mass is 10.2. The SMILES string of the molecule is CNS(=O)(=O)c1cccc(C(=O)N(Cc2ccccn2)C2CC2)c1. The minimum Gasteiger partial charge on any atom is -0.330 e. The molecule has 3 rings (SSSR count). The fourth-order valence-corrected chi connectivity index (χ4v) is 3.27. The van der Waals surface area contributed by atoms with Crippen molar-refractivity contribution >= 4 is 15.9 Å². The van der Waals surface area contributed by atoms with Crippen LogP contribution in [0.15, 0.2) is 53.6 Å². The van der Waals surface area contributed by atoms with Gasteiger partial charge in [0.1, 0.15) is 0 Å². The second-order valence-electron chi connectivity index (χ2n) is 5.72. The van der Waals surface area contributed by atoms with Gasteiger partial charge < -0.3 is 4.90 Å². The number of rotatable bonds is 6. The summed E-state index contributed by atoms with van der Waals surface area (Å²) in [6, 6.07) is 11.9. The highest BCUT2D eigenvalue weighted by Crippen LogP contribution is 2.30. The van der Waals surface area contributed by atoms with Crippen molar-refractivity contribution in [2.75, 3.05) is 7.05 Å². The average Bonchev–Trinajstić information content (AvgIpc) is 3.45. The van der Waals surface area contributed by atoms with Crippen molar-refractivity contribution in [2.24, 2.45) is 0 Å². The molecule has 1 fully saturated rings. The summed E-state index contributed by atoms with van der Waals surface area (Å²) in [5, 5.41) is 0. The molecule has 2 aromatic rings. The number of hydrogen-bond acceptors (Lipinski definition) is 4. The van der Waals surface area contributed by atoms with Gasteiger partial charge >= 0.3 is 0 Å². The van der Waals surface area contributed by atoms with Gasteiger partial charge in [-0.25, -0.2) is 13.1 Å². The standard InChI is InChI=1S/C17H19N3O3S/c1-18-24(22,23)16-7-4-5-13(11-16)17(21)20(15-8-9-15)12-14-6-2-3-10-19-14/h2-7,10-11,15,18H,8-9,12H2,1H3. The summed E-state index contributed by atoms with van der Waals surface area (Å²) in [5.74, 6) is -0.170. The molecular formula is C17H19N3O3S. The first-order valence-electron chi connectivity index (χ1n) is 7.76. The highest BCUT2D eigenvalue weighted by molar-refractivity contribution is 7.89. The van der Waals surface area contributed by atoms with E-state index in [1.165, 1.54) is 19.2 Å². The number of amides is 1. The van der Waals surface area contributed by atoms with Crippen LogP contribution in [0.3, 0.4) is 0 Å². The van der Waals surface area contributed by atoms with E-state index >= 15 is 0 Å². The maximum Gasteiger partial charge on any atom is 0.254 e. The number of nitrogens with one attached hydrogen (secondary N) is 1. The molecule has 0 radical (unpaired) electrons. The zero-order valence-corrected chi connectivity index (χ0v) is 14.2. The molecule has 0 unspecified atom stereocenters. The summed E-state index contributed by atoms with van der Waals surface area (Å²) in [6.07, 6.45) is 3.63. The first-order valence-corrected chi connectivity index (χ1v) is 9.24. The van der Waals surface area contributed by atoms with Crippen LogP contribution >= 0.6 is 0 Å². The number of hydrogen-bond donors (Lipinski definition) is 1. The van der Waals surface area contributed by atoms with Crippen LogP contribution in [0.5, 0.6) is 0 Å². The van der Waals surface area contributed by atoms with Crippen molar-refractivity contribution in [1.29, 1.82) is 0 Å². The molecule has 7 heteroatoms. The first-order chi connectivity index (χ1) is 11.5. The number of pyridine rings is 1. The van der Waals surface area contributed by atoms with Gasteiger partial charge in [0, 0.05) is 17.8 Å². The summed E-state index contributed by atoms with van der Waals surface area (Å²) in [6.45, 7) is 0.424. The Balaban J connectivity index is 1.87. The van der Waals surface area contributed by atoms with Crippen molar-refractivity contribution in [3.05, 3.63) is 59.9 Å². The smallest absolute Gasteiger partial charge is 0.254 e. The van der Waals surface area contributed by atoms with Gasteiger partial charge in [0.05, 0.1) is 17.1 Å². The third-order valence-corrected chi connectivity index (χ3v) is 5.38. The third-order valence-electron chi connectivity index (χ3n) is 3.97. The topological polar surface area (TPSA) is 79.4 Å². The van der Waals surface area contributed by atoms with Crippen molar-refractivity contribution in [1.82, 2.24) is 14.6 Å². The fourth-order valence-electron chi connectivity index (χ4n) is 2.50. The maximum absolute atomic E-state index is 12.9. The van der Waals surface area contributed by atoms with E-state index in [1.807, 2.05) is 18.2 Å².